The Kier molecular flexibility index (Phi) is 4.86. The highest BCUT2D eigenvalue weighted by Crippen LogP contribution is 2.36. The number of benzene rings is 2. The summed E-state index contributed by atoms with van der Waals surface area (Å²) in [4.78, 5) is 0. The third kappa shape index (κ3) is 4.01. The molecule has 1 heteroatoms. The molecule has 0 unspecified atom stereocenters. The summed E-state index contributed by atoms with van der Waals surface area (Å²) in [5, 5.41) is 10.9. The van der Waals surface area contributed by atoms with E-state index in [0.29, 0.717) is 5.75 Å². The molecule has 0 amide bonds. The second-order valence-corrected chi connectivity index (χ2v) is 9.14. The lowest BCUT2D eigenvalue weighted by Crippen LogP contribution is -2.13. The molecule has 0 saturated carbocycles. The maximum atomic E-state index is 10.9. The van der Waals surface area contributed by atoms with Crippen LogP contribution in [0.25, 0.3) is 0 Å². The molecule has 1 N–H and O–H groups in total. The van der Waals surface area contributed by atoms with Gasteiger partial charge in [-0.1, -0.05) is 77.4 Å². The number of rotatable bonds is 2. The zero-order chi connectivity index (χ0) is 18.3. The smallest absolute Gasteiger partial charge is 0.123 e. The number of phenolic OH excluding ortho intramolecular Hbond substituents is 1. The number of aryl methyl sites for hydroxylation is 2. The van der Waals surface area contributed by atoms with Crippen LogP contribution in [-0.4, -0.2) is 5.11 Å². The Morgan fingerprint density at radius 3 is 2.00 bits per heavy atom. The van der Waals surface area contributed by atoms with E-state index < -0.39 is 0 Å². The molecule has 0 radical (unpaired) electrons. The molecule has 2 aromatic rings. The van der Waals surface area contributed by atoms with Crippen molar-refractivity contribution in [2.75, 3.05) is 0 Å². The highest BCUT2D eigenvalue weighted by atomic mass is 16.3. The van der Waals surface area contributed by atoms with Crippen LogP contribution in [0.2, 0.25) is 0 Å². The summed E-state index contributed by atoms with van der Waals surface area (Å²) < 4.78 is 0. The lowest BCUT2D eigenvalue weighted by atomic mass is 9.82. The van der Waals surface area contributed by atoms with Gasteiger partial charge in [0.1, 0.15) is 5.75 Å². The van der Waals surface area contributed by atoms with E-state index in [-0.39, 0.29) is 10.8 Å². The van der Waals surface area contributed by atoms with E-state index in [9.17, 15) is 5.11 Å². The van der Waals surface area contributed by atoms with Crippen LogP contribution in [-0.2, 0) is 17.3 Å². The molecular weight excluding hydrogens is 292 g/mol. The Morgan fingerprint density at radius 1 is 0.833 bits per heavy atom. The van der Waals surface area contributed by atoms with Crippen molar-refractivity contribution in [3.05, 3.63) is 63.7 Å². The standard InChI is InChI=1S/C23H32O/c1-15-11-17(13-18(12-15)22(3,4)5)14-19-16(2)9-10-20(21(19)24)23(6,7)8/h9-13,24H,14H2,1-8H3. The molecule has 1 nitrogen and oxygen atoms in total. The van der Waals surface area contributed by atoms with Gasteiger partial charge in [-0.25, -0.2) is 0 Å². The Bertz CT molecular complexity index is 740. The first kappa shape index (κ1) is 18.6. The van der Waals surface area contributed by atoms with E-state index in [0.717, 1.165) is 23.1 Å². The van der Waals surface area contributed by atoms with Crippen LogP contribution in [0, 0.1) is 13.8 Å². The first-order valence-corrected chi connectivity index (χ1v) is 8.82. The quantitative estimate of drug-likeness (QED) is 0.698. The van der Waals surface area contributed by atoms with Crippen molar-refractivity contribution < 1.29 is 5.11 Å². The third-order valence-corrected chi connectivity index (χ3v) is 4.71. The maximum absolute atomic E-state index is 10.9. The fraction of sp³-hybridized carbons (Fsp3) is 0.478. The van der Waals surface area contributed by atoms with Crippen LogP contribution in [0.3, 0.4) is 0 Å². The summed E-state index contributed by atoms with van der Waals surface area (Å²) in [7, 11) is 0. The molecule has 0 heterocycles. The van der Waals surface area contributed by atoms with Crippen molar-refractivity contribution in [2.24, 2.45) is 0 Å². The van der Waals surface area contributed by atoms with Gasteiger partial charge in [0, 0.05) is 12.0 Å². The molecule has 0 aliphatic carbocycles. The molecule has 0 aliphatic rings. The van der Waals surface area contributed by atoms with Crippen molar-refractivity contribution in [2.45, 2.75) is 72.6 Å². The van der Waals surface area contributed by atoms with Crippen LogP contribution in [0.4, 0.5) is 0 Å². The van der Waals surface area contributed by atoms with Gasteiger partial charge < -0.3 is 5.11 Å². The van der Waals surface area contributed by atoms with E-state index in [1.807, 2.05) is 0 Å². The van der Waals surface area contributed by atoms with E-state index in [4.69, 9.17) is 0 Å². The van der Waals surface area contributed by atoms with Gasteiger partial charge in [-0.2, -0.15) is 0 Å². The molecule has 2 rings (SSSR count). The number of aromatic hydroxyl groups is 1. The zero-order valence-electron chi connectivity index (χ0n) is 16.5. The fourth-order valence-electron chi connectivity index (χ4n) is 3.17. The van der Waals surface area contributed by atoms with Crippen LogP contribution in [0.5, 0.6) is 5.75 Å². The average Bonchev–Trinajstić information content (AvgIpc) is 2.40. The van der Waals surface area contributed by atoms with Gasteiger partial charge in [0.2, 0.25) is 0 Å². The molecule has 0 saturated heterocycles. The van der Waals surface area contributed by atoms with Crippen LogP contribution >= 0.6 is 0 Å². The monoisotopic (exact) mass is 324 g/mol. The Balaban J connectivity index is 2.51. The zero-order valence-corrected chi connectivity index (χ0v) is 16.5. The van der Waals surface area contributed by atoms with Gasteiger partial charge in [-0.3, -0.25) is 0 Å². The molecular formula is C23H32O. The van der Waals surface area contributed by atoms with Crippen molar-refractivity contribution in [1.29, 1.82) is 0 Å². The molecule has 0 aliphatic heterocycles. The molecule has 130 valence electrons. The average molecular weight is 325 g/mol. The SMILES string of the molecule is Cc1cc(Cc2c(C)ccc(C(C)(C)C)c2O)cc(C(C)(C)C)c1. The highest BCUT2D eigenvalue weighted by molar-refractivity contribution is 5.50. The van der Waals surface area contributed by atoms with Crippen LogP contribution < -0.4 is 0 Å². The predicted octanol–water partition coefficient (Wildman–Crippen LogP) is 6.19. The number of phenols is 1. The number of hydrogen-bond acceptors (Lipinski definition) is 1. The molecule has 0 spiro atoms. The predicted molar refractivity (Wildman–Crippen MR) is 104 cm³/mol. The minimum Gasteiger partial charge on any atom is -0.507 e. The third-order valence-electron chi connectivity index (χ3n) is 4.71. The first-order chi connectivity index (χ1) is 10.9. The van der Waals surface area contributed by atoms with Gasteiger partial charge in [0.25, 0.3) is 0 Å². The topological polar surface area (TPSA) is 20.2 Å². The van der Waals surface area contributed by atoms with Gasteiger partial charge in [-0.15, -0.1) is 0 Å². The lowest BCUT2D eigenvalue weighted by Gasteiger charge is -2.24. The molecule has 2 aromatic carbocycles. The van der Waals surface area contributed by atoms with Gasteiger partial charge in [0.05, 0.1) is 0 Å². The fourth-order valence-corrected chi connectivity index (χ4v) is 3.17. The molecule has 0 bridgehead atoms. The normalized spacial score (nSPS) is 12.5. The largest absolute Gasteiger partial charge is 0.507 e. The van der Waals surface area contributed by atoms with E-state index in [1.165, 1.54) is 16.7 Å². The summed E-state index contributed by atoms with van der Waals surface area (Å²) in [6, 6.07) is 11.0. The molecule has 24 heavy (non-hydrogen) atoms. The second-order valence-electron chi connectivity index (χ2n) is 9.14. The molecule has 0 aromatic heterocycles. The van der Waals surface area contributed by atoms with Crippen molar-refractivity contribution in [3.8, 4) is 5.75 Å². The van der Waals surface area contributed by atoms with E-state index in [2.05, 4.69) is 85.7 Å². The summed E-state index contributed by atoms with van der Waals surface area (Å²) in [5.41, 5.74) is 7.19. The van der Waals surface area contributed by atoms with E-state index in [1.54, 1.807) is 0 Å². The molecule has 0 fully saturated rings. The van der Waals surface area contributed by atoms with Crippen molar-refractivity contribution in [1.82, 2.24) is 0 Å². The second kappa shape index (κ2) is 6.27. The highest BCUT2D eigenvalue weighted by Gasteiger charge is 2.21. The Morgan fingerprint density at radius 2 is 1.46 bits per heavy atom. The Labute approximate surface area is 147 Å². The van der Waals surface area contributed by atoms with E-state index >= 15 is 0 Å². The summed E-state index contributed by atoms with van der Waals surface area (Å²) >= 11 is 0. The molecule has 0 atom stereocenters. The first-order valence-electron chi connectivity index (χ1n) is 8.82. The van der Waals surface area contributed by atoms with Gasteiger partial charge in [-0.05, 0) is 46.9 Å². The summed E-state index contributed by atoms with van der Waals surface area (Å²) in [5.74, 6) is 0.460. The minimum atomic E-state index is -0.0598. The van der Waals surface area contributed by atoms with Crippen LogP contribution in [0.15, 0.2) is 30.3 Å². The van der Waals surface area contributed by atoms with Crippen molar-refractivity contribution >= 4 is 0 Å². The van der Waals surface area contributed by atoms with Gasteiger partial charge in [0.15, 0.2) is 0 Å². The minimum absolute atomic E-state index is 0.0598. The summed E-state index contributed by atoms with van der Waals surface area (Å²) in [6.45, 7) is 17.4. The number of hydrogen-bond donors (Lipinski definition) is 1. The Hall–Kier alpha value is -1.76. The van der Waals surface area contributed by atoms with Crippen LogP contribution in [0.1, 0.15) is 74.9 Å². The maximum Gasteiger partial charge on any atom is 0.123 e. The summed E-state index contributed by atoms with van der Waals surface area (Å²) in [6.07, 6.45) is 0.770. The lowest BCUT2D eigenvalue weighted by molar-refractivity contribution is 0.441. The van der Waals surface area contributed by atoms with Gasteiger partial charge >= 0.3 is 0 Å². The van der Waals surface area contributed by atoms with Crippen molar-refractivity contribution in [3.63, 3.8) is 0 Å².